The zero-order chi connectivity index (χ0) is 16.1. The SMILES string of the molecule is Cc1ccc(Oc2ccc(NC(=O)C3CNCCO3)cc2)cc1. The first-order valence-electron chi connectivity index (χ1n) is 7.68. The summed E-state index contributed by atoms with van der Waals surface area (Å²) in [5, 5.41) is 5.99. The standard InChI is InChI=1S/C18H20N2O3/c1-13-2-6-15(7-3-13)23-16-8-4-14(5-9-16)20-18(21)17-12-19-10-11-22-17/h2-9,17,19H,10-12H2,1H3,(H,20,21). The molecule has 5 nitrogen and oxygen atoms in total. The van der Waals surface area contributed by atoms with Gasteiger partial charge in [0.15, 0.2) is 0 Å². The molecular weight excluding hydrogens is 292 g/mol. The highest BCUT2D eigenvalue weighted by molar-refractivity contribution is 5.94. The average molecular weight is 312 g/mol. The fourth-order valence-electron chi connectivity index (χ4n) is 2.31. The number of nitrogens with one attached hydrogen (secondary N) is 2. The number of morpholine rings is 1. The van der Waals surface area contributed by atoms with Crippen molar-refractivity contribution in [2.75, 3.05) is 25.0 Å². The first-order valence-corrected chi connectivity index (χ1v) is 7.68. The van der Waals surface area contributed by atoms with Crippen LogP contribution in [0.15, 0.2) is 48.5 Å². The molecule has 1 heterocycles. The Balaban J connectivity index is 1.58. The largest absolute Gasteiger partial charge is 0.457 e. The number of rotatable bonds is 4. The van der Waals surface area contributed by atoms with Crippen LogP contribution in [0.4, 0.5) is 5.69 Å². The predicted molar refractivity (Wildman–Crippen MR) is 88.9 cm³/mol. The molecule has 0 bridgehead atoms. The number of ether oxygens (including phenoxy) is 2. The van der Waals surface area contributed by atoms with Crippen molar-refractivity contribution in [3.8, 4) is 11.5 Å². The fraction of sp³-hybridized carbons (Fsp3) is 0.278. The van der Waals surface area contributed by atoms with E-state index in [0.717, 1.165) is 23.7 Å². The molecule has 1 unspecified atom stereocenters. The molecule has 1 saturated heterocycles. The quantitative estimate of drug-likeness (QED) is 0.911. The molecule has 5 heteroatoms. The number of carbonyl (C=O) groups excluding carboxylic acids is 1. The summed E-state index contributed by atoms with van der Waals surface area (Å²) in [7, 11) is 0. The van der Waals surface area contributed by atoms with E-state index in [-0.39, 0.29) is 5.91 Å². The van der Waals surface area contributed by atoms with Crippen molar-refractivity contribution in [2.45, 2.75) is 13.0 Å². The van der Waals surface area contributed by atoms with E-state index in [1.165, 1.54) is 5.56 Å². The highest BCUT2D eigenvalue weighted by atomic mass is 16.5. The van der Waals surface area contributed by atoms with E-state index in [0.29, 0.717) is 13.2 Å². The Morgan fingerprint density at radius 2 is 1.78 bits per heavy atom. The van der Waals surface area contributed by atoms with Crippen LogP contribution in [-0.4, -0.2) is 31.7 Å². The molecule has 0 spiro atoms. The highest BCUT2D eigenvalue weighted by Gasteiger charge is 2.21. The lowest BCUT2D eigenvalue weighted by atomic mass is 10.2. The van der Waals surface area contributed by atoms with Crippen LogP contribution < -0.4 is 15.4 Å². The summed E-state index contributed by atoms with van der Waals surface area (Å²) in [5.41, 5.74) is 1.91. The smallest absolute Gasteiger partial charge is 0.254 e. The Bertz CT molecular complexity index is 647. The zero-order valence-corrected chi connectivity index (χ0v) is 13.0. The molecule has 0 aromatic heterocycles. The van der Waals surface area contributed by atoms with Gasteiger partial charge in [-0.3, -0.25) is 4.79 Å². The molecule has 0 radical (unpaired) electrons. The maximum Gasteiger partial charge on any atom is 0.254 e. The number of carbonyl (C=O) groups is 1. The molecule has 120 valence electrons. The Morgan fingerprint density at radius 1 is 1.13 bits per heavy atom. The van der Waals surface area contributed by atoms with Crippen molar-refractivity contribution in [1.29, 1.82) is 0 Å². The Kier molecular flexibility index (Phi) is 4.90. The van der Waals surface area contributed by atoms with Crippen LogP contribution in [0.3, 0.4) is 0 Å². The third kappa shape index (κ3) is 4.31. The Hall–Kier alpha value is -2.37. The molecule has 2 N–H and O–H groups in total. The summed E-state index contributed by atoms with van der Waals surface area (Å²) in [5.74, 6) is 1.38. The molecule has 3 rings (SSSR count). The van der Waals surface area contributed by atoms with Crippen molar-refractivity contribution in [3.05, 3.63) is 54.1 Å². The average Bonchev–Trinajstić information content (AvgIpc) is 2.59. The van der Waals surface area contributed by atoms with Gasteiger partial charge in [-0.1, -0.05) is 17.7 Å². The van der Waals surface area contributed by atoms with E-state index in [4.69, 9.17) is 9.47 Å². The second-order valence-electron chi connectivity index (χ2n) is 5.49. The molecule has 1 amide bonds. The first-order chi connectivity index (χ1) is 11.2. The van der Waals surface area contributed by atoms with Gasteiger partial charge in [-0.25, -0.2) is 0 Å². The minimum absolute atomic E-state index is 0.135. The van der Waals surface area contributed by atoms with E-state index >= 15 is 0 Å². The van der Waals surface area contributed by atoms with Gasteiger partial charge in [0.05, 0.1) is 6.61 Å². The summed E-state index contributed by atoms with van der Waals surface area (Å²) < 4.78 is 11.2. The lowest BCUT2D eigenvalue weighted by Gasteiger charge is -2.22. The number of aryl methyl sites for hydroxylation is 1. The molecule has 2 aromatic rings. The number of hydrogen-bond acceptors (Lipinski definition) is 4. The van der Waals surface area contributed by atoms with Crippen molar-refractivity contribution in [2.24, 2.45) is 0 Å². The van der Waals surface area contributed by atoms with Gasteiger partial charge in [0.25, 0.3) is 5.91 Å². The lowest BCUT2D eigenvalue weighted by molar-refractivity contribution is -0.128. The number of hydrogen-bond donors (Lipinski definition) is 2. The lowest BCUT2D eigenvalue weighted by Crippen LogP contribution is -2.45. The van der Waals surface area contributed by atoms with Crippen LogP contribution >= 0.6 is 0 Å². The summed E-state index contributed by atoms with van der Waals surface area (Å²) in [6, 6.07) is 15.2. The van der Waals surface area contributed by atoms with Crippen molar-refractivity contribution in [1.82, 2.24) is 5.32 Å². The fourth-order valence-corrected chi connectivity index (χ4v) is 2.31. The second kappa shape index (κ2) is 7.26. The van der Waals surface area contributed by atoms with E-state index in [9.17, 15) is 4.79 Å². The van der Waals surface area contributed by atoms with Gasteiger partial charge in [-0.05, 0) is 43.3 Å². The summed E-state index contributed by atoms with van der Waals surface area (Å²) in [4.78, 5) is 12.1. The van der Waals surface area contributed by atoms with Gasteiger partial charge in [-0.15, -0.1) is 0 Å². The van der Waals surface area contributed by atoms with Gasteiger partial charge >= 0.3 is 0 Å². The molecule has 1 aliphatic rings. The van der Waals surface area contributed by atoms with Crippen LogP contribution in [0.25, 0.3) is 0 Å². The van der Waals surface area contributed by atoms with Gasteiger partial charge in [0.2, 0.25) is 0 Å². The normalized spacial score (nSPS) is 17.5. The van der Waals surface area contributed by atoms with Crippen LogP contribution in [-0.2, 0) is 9.53 Å². The van der Waals surface area contributed by atoms with Crippen LogP contribution in [0, 0.1) is 6.92 Å². The van der Waals surface area contributed by atoms with Crippen LogP contribution in [0.5, 0.6) is 11.5 Å². The van der Waals surface area contributed by atoms with Gasteiger partial charge in [-0.2, -0.15) is 0 Å². The number of amides is 1. The molecule has 1 fully saturated rings. The van der Waals surface area contributed by atoms with Gasteiger partial charge in [0.1, 0.15) is 17.6 Å². The summed E-state index contributed by atoms with van der Waals surface area (Å²) >= 11 is 0. The van der Waals surface area contributed by atoms with Gasteiger partial charge in [0, 0.05) is 18.8 Å². The van der Waals surface area contributed by atoms with Crippen LogP contribution in [0.1, 0.15) is 5.56 Å². The topological polar surface area (TPSA) is 59.6 Å². The highest BCUT2D eigenvalue weighted by Crippen LogP contribution is 2.23. The first kappa shape index (κ1) is 15.5. The molecule has 23 heavy (non-hydrogen) atoms. The minimum Gasteiger partial charge on any atom is -0.457 e. The maximum absolute atomic E-state index is 12.1. The van der Waals surface area contributed by atoms with Crippen molar-refractivity contribution in [3.63, 3.8) is 0 Å². The molecule has 1 atom stereocenters. The zero-order valence-electron chi connectivity index (χ0n) is 13.0. The van der Waals surface area contributed by atoms with Crippen molar-refractivity contribution >= 4 is 11.6 Å². The summed E-state index contributed by atoms with van der Waals surface area (Å²) in [6.07, 6.45) is -0.438. The van der Waals surface area contributed by atoms with Crippen molar-refractivity contribution < 1.29 is 14.3 Å². The Morgan fingerprint density at radius 3 is 2.39 bits per heavy atom. The van der Waals surface area contributed by atoms with E-state index in [1.54, 1.807) is 0 Å². The van der Waals surface area contributed by atoms with Gasteiger partial charge < -0.3 is 20.1 Å². The van der Waals surface area contributed by atoms with E-state index in [2.05, 4.69) is 10.6 Å². The number of anilines is 1. The molecule has 0 aliphatic carbocycles. The molecule has 2 aromatic carbocycles. The number of benzene rings is 2. The second-order valence-corrected chi connectivity index (χ2v) is 5.49. The predicted octanol–water partition coefficient (Wildman–Crippen LogP) is 2.71. The summed E-state index contributed by atoms with van der Waals surface area (Å²) in [6.45, 7) is 3.92. The Labute approximate surface area is 135 Å². The minimum atomic E-state index is -0.438. The molecule has 0 saturated carbocycles. The molecule has 1 aliphatic heterocycles. The van der Waals surface area contributed by atoms with E-state index < -0.39 is 6.10 Å². The third-order valence-corrected chi connectivity index (χ3v) is 3.60. The van der Waals surface area contributed by atoms with Crippen LogP contribution in [0.2, 0.25) is 0 Å². The molecular formula is C18H20N2O3. The monoisotopic (exact) mass is 312 g/mol. The third-order valence-electron chi connectivity index (χ3n) is 3.60. The maximum atomic E-state index is 12.1. The van der Waals surface area contributed by atoms with E-state index in [1.807, 2.05) is 55.5 Å².